The van der Waals surface area contributed by atoms with E-state index in [9.17, 15) is 4.79 Å². The summed E-state index contributed by atoms with van der Waals surface area (Å²) in [5, 5.41) is 3.19. The zero-order valence-electron chi connectivity index (χ0n) is 11.4. The molecule has 20 heavy (non-hydrogen) atoms. The van der Waals surface area contributed by atoms with E-state index in [1.54, 1.807) is 30.6 Å². The number of hydrogen-bond acceptors (Lipinski definition) is 3. The van der Waals surface area contributed by atoms with Crippen molar-refractivity contribution in [3.63, 3.8) is 0 Å². The minimum atomic E-state index is -0.156. The van der Waals surface area contributed by atoms with Crippen molar-refractivity contribution in [3.8, 4) is 0 Å². The van der Waals surface area contributed by atoms with Crippen molar-refractivity contribution in [1.82, 2.24) is 9.55 Å². The Labute approximate surface area is 122 Å². The number of nitrogens with zero attached hydrogens (tertiary/aromatic N) is 2. The van der Waals surface area contributed by atoms with Crippen LogP contribution in [0.4, 0.5) is 11.4 Å². The molecule has 2 rings (SSSR count). The predicted molar refractivity (Wildman–Crippen MR) is 80.8 cm³/mol. The summed E-state index contributed by atoms with van der Waals surface area (Å²) in [6.45, 7) is 4.27. The largest absolute Gasteiger partial charge is 0.399 e. The van der Waals surface area contributed by atoms with Crippen molar-refractivity contribution in [3.05, 3.63) is 41.4 Å². The highest BCUT2D eigenvalue weighted by atomic mass is 35.5. The molecule has 1 aromatic carbocycles. The number of aromatic nitrogens is 2. The smallest absolute Gasteiger partial charge is 0.244 e. The number of amides is 1. The molecule has 0 spiro atoms. The molecular formula is C14H17ClN4O. The first kappa shape index (κ1) is 14.4. The van der Waals surface area contributed by atoms with Gasteiger partial charge in [0.25, 0.3) is 0 Å². The average molecular weight is 293 g/mol. The Morgan fingerprint density at radius 2 is 2.25 bits per heavy atom. The first-order chi connectivity index (χ1) is 9.47. The molecule has 2 aromatic rings. The minimum Gasteiger partial charge on any atom is -0.399 e. The third kappa shape index (κ3) is 3.30. The number of hydrogen-bond donors (Lipinski definition) is 2. The minimum absolute atomic E-state index is 0.156. The summed E-state index contributed by atoms with van der Waals surface area (Å²) in [4.78, 5) is 16.3. The Balaban J connectivity index is 2.07. The SMILES string of the molecule is CC(C)c1nccn1CC(=O)Nc1ccc(N)cc1Cl. The fraction of sp³-hybridized carbons (Fsp3) is 0.286. The molecule has 0 aliphatic rings. The molecule has 0 aliphatic carbocycles. The first-order valence-corrected chi connectivity index (χ1v) is 6.71. The molecule has 3 N–H and O–H groups in total. The second-order valence-electron chi connectivity index (χ2n) is 4.86. The lowest BCUT2D eigenvalue weighted by molar-refractivity contribution is -0.116. The van der Waals surface area contributed by atoms with E-state index < -0.39 is 0 Å². The number of benzene rings is 1. The van der Waals surface area contributed by atoms with E-state index in [1.807, 2.05) is 18.4 Å². The van der Waals surface area contributed by atoms with Crippen LogP contribution < -0.4 is 11.1 Å². The third-order valence-corrected chi connectivity index (χ3v) is 3.16. The molecule has 1 aromatic heterocycles. The van der Waals surface area contributed by atoms with Gasteiger partial charge in [-0.15, -0.1) is 0 Å². The van der Waals surface area contributed by atoms with Crippen molar-refractivity contribution < 1.29 is 4.79 Å². The van der Waals surface area contributed by atoms with E-state index in [1.165, 1.54) is 0 Å². The average Bonchev–Trinajstić information content (AvgIpc) is 2.81. The summed E-state index contributed by atoms with van der Waals surface area (Å²) in [6.07, 6.45) is 3.48. The van der Waals surface area contributed by atoms with Crippen molar-refractivity contribution in [2.45, 2.75) is 26.3 Å². The van der Waals surface area contributed by atoms with Crippen LogP contribution in [0.15, 0.2) is 30.6 Å². The zero-order valence-corrected chi connectivity index (χ0v) is 12.2. The molecule has 5 nitrogen and oxygen atoms in total. The Morgan fingerprint density at radius 3 is 2.90 bits per heavy atom. The van der Waals surface area contributed by atoms with Gasteiger partial charge in [-0.25, -0.2) is 4.98 Å². The maximum absolute atomic E-state index is 12.0. The monoisotopic (exact) mass is 292 g/mol. The van der Waals surface area contributed by atoms with Crippen molar-refractivity contribution in [2.24, 2.45) is 0 Å². The molecule has 0 aliphatic heterocycles. The summed E-state index contributed by atoms with van der Waals surface area (Å²) in [7, 11) is 0. The van der Waals surface area contributed by atoms with Crippen LogP contribution in [0, 0.1) is 0 Å². The highest BCUT2D eigenvalue weighted by Crippen LogP contribution is 2.24. The van der Waals surface area contributed by atoms with Gasteiger partial charge in [0.2, 0.25) is 5.91 Å². The lowest BCUT2D eigenvalue weighted by atomic mass is 10.2. The molecule has 0 saturated heterocycles. The van der Waals surface area contributed by atoms with Crippen LogP contribution in [0.3, 0.4) is 0 Å². The first-order valence-electron chi connectivity index (χ1n) is 6.33. The van der Waals surface area contributed by atoms with Gasteiger partial charge in [0.1, 0.15) is 12.4 Å². The summed E-state index contributed by atoms with van der Waals surface area (Å²) < 4.78 is 1.82. The maximum atomic E-state index is 12.0. The molecule has 106 valence electrons. The Hall–Kier alpha value is -2.01. The second-order valence-corrected chi connectivity index (χ2v) is 5.26. The van der Waals surface area contributed by atoms with Gasteiger partial charge < -0.3 is 15.6 Å². The van der Waals surface area contributed by atoms with Gasteiger partial charge in [0, 0.05) is 24.0 Å². The maximum Gasteiger partial charge on any atom is 0.244 e. The normalized spacial score (nSPS) is 10.8. The van der Waals surface area contributed by atoms with E-state index in [-0.39, 0.29) is 18.4 Å². The van der Waals surface area contributed by atoms with Crippen LogP contribution in [0.25, 0.3) is 0 Å². The summed E-state index contributed by atoms with van der Waals surface area (Å²) in [6, 6.07) is 4.99. The molecule has 1 amide bonds. The number of imidazole rings is 1. The van der Waals surface area contributed by atoms with E-state index in [2.05, 4.69) is 10.3 Å². The number of anilines is 2. The number of nitrogens with two attached hydrogens (primary N) is 1. The standard InChI is InChI=1S/C14H17ClN4O/c1-9(2)14-17-5-6-19(14)8-13(20)18-12-4-3-10(16)7-11(12)15/h3-7,9H,8,16H2,1-2H3,(H,18,20). The van der Waals surface area contributed by atoms with Gasteiger partial charge in [-0.3, -0.25) is 4.79 Å². The number of rotatable bonds is 4. The Kier molecular flexibility index (Phi) is 4.29. The fourth-order valence-corrected chi connectivity index (χ4v) is 2.17. The molecule has 0 fully saturated rings. The fourth-order valence-electron chi connectivity index (χ4n) is 1.93. The molecule has 6 heteroatoms. The lowest BCUT2D eigenvalue weighted by Gasteiger charge is -2.11. The Morgan fingerprint density at radius 1 is 1.50 bits per heavy atom. The highest BCUT2D eigenvalue weighted by Gasteiger charge is 2.11. The van der Waals surface area contributed by atoms with Crippen LogP contribution >= 0.6 is 11.6 Å². The second kappa shape index (κ2) is 5.96. The van der Waals surface area contributed by atoms with Gasteiger partial charge in [-0.1, -0.05) is 25.4 Å². The van der Waals surface area contributed by atoms with Gasteiger partial charge in [0.15, 0.2) is 0 Å². The quantitative estimate of drug-likeness (QED) is 0.851. The van der Waals surface area contributed by atoms with Gasteiger partial charge in [0.05, 0.1) is 10.7 Å². The van der Waals surface area contributed by atoms with Crippen LogP contribution in [-0.4, -0.2) is 15.5 Å². The number of nitrogen functional groups attached to an aromatic ring is 1. The Bertz CT molecular complexity index is 621. The molecule has 1 heterocycles. The van der Waals surface area contributed by atoms with Crippen LogP contribution in [-0.2, 0) is 11.3 Å². The van der Waals surface area contributed by atoms with E-state index in [4.69, 9.17) is 17.3 Å². The highest BCUT2D eigenvalue weighted by molar-refractivity contribution is 6.34. The summed E-state index contributed by atoms with van der Waals surface area (Å²) in [5.41, 5.74) is 6.72. The number of nitrogens with one attached hydrogen (secondary N) is 1. The molecule has 0 bridgehead atoms. The summed E-state index contributed by atoms with van der Waals surface area (Å²) in [5.74, 6) is 0.984. The van der Waals surface area contributed by atoms with E-state index >= 15 is 0 Å². The number of carbonyl (C=O) groups excluding carboxylic acids is 1. The summed E-state index contributed by atoms with van der Waals surface area (Å²) >= 11 is 6.02. The third-order valence-electron chi connectivity index (χ3n) is 2.85. The number of carbonyl (C=O) groups is 1. The van der Waals surface area contributed by atoms with Crippen molar-refractivity contribution in [1.29, 1.82) is 0 Å². The van der Waals surface area contributed by atoms with Crippen molar-refractivity contribution in [2.75, 3.05) is 11.1 Å². The van der Waals surface area contributed by atoms with Crippen LogP contribution in [0.1, 0.15) is 25.6 Å². The lowest BCUT2D eigenvalue weighted by Crippen LogP contribution is -2.20. The van der Waals surface area contributed by atoms with Crippen LogP contribution in [0.2, 0.25) is 5.02 Å². The molecule has 0 unspecified atom stereocenters. The number of halogens is 1. The van der Waals surface area contributed by atoms with Gasteiger partial charge >= 0.3 is 0 Å². The zero-order chi connectivity index (χ0) is 14.7. The molecule has 0 radical (unpaired) electrons. The van der Waals surface area contributed by atoms with Crippen LogP contribution in [0.5, 0.6) is 0 Å². The molecule has 0 saturated carbocycles. The van der Waals surface area contributed by atoms with Gasteiger partial charge in [-0.2, -0.15) is 0 Å². The van der Waals surface area contributed by atoms with E-state index in [0.29, 0.717) is 16.4 Å². The topological polar surface area (TPSA) is 72.9 Å². The molecule has 0 atom stereocenters. The molecular weight excluding hydrogens is 276 g/mol. The van der Waals surface area contributed by atoms with Gasteiger partial charge in [-0.05, 0) is 18.2 Å². The van der Waals surface area contributed by atoms with Crippen molar-refractivity contribution >= 4 is 28.9 Å². The van der Waals surface area contributed by atoms with E-state index in [0.717, 1.165) is 5.82 Å². The predicted octanol–water partition coefficient (Wildman–Crippen LogP) is 2.88.